The molecule has 0 aliphatic carbocycles. The van der Waals surface area contributed by atoms with Crippen molar-refractivity contribution in [3.63, 3.8) is 0 Å². The zero-order chi connectivity index (χ0) is 19.6. The van der Waals surface area contributed by atoms with Gasteiger partial charge in [0.2, 0.25) is 5.91 Å². The van der Waals surface area contributed by atoms with Crippen molar-refractivity contribution < 1.29 is 9.32 Å². The minimum Gasteiger partial charge on any atom is -0.359 e. The van der Waals surface area contributed by atoms with Gasteiger partial charge in [0.1, 0.15) is 0 Å². The summed E-state index contributed by atoms with van der Waals surface area (Å²) in [6.07, 6.45) is 2.10. The summed E-state index contributed by atoms with van der Waals surface area (Å²) < 4.78 is 5.42. The fraction of sp³-hybridized carbons (Fsp3) is 0.450. The van der Waals surface area contributed by atoms with Crippen molar-refractivity contribution in [3.05, 3.63) is 47.3 Å². The van der Waals surface area contributed by atoms with Gasteiger partial charge in [0.25, 0.3) is 0 Å². The average molecular weight is 499 g/mol. The molecule has 0 aliphatic rings. The third-order valence-corrected chi connectivity index (χ3v) is 4.34. The Bertz CT molecular complexity index is 771. The van der Waals surface area contributed by atoms with Crippen LogP contribution >= 0.6 is 24.0 Å². The number of carbonyl (C=O) groups is 1. The SMILES string of the molecule is CCC(CC)c1cc(CNC(=NC)NCc2cccc(NC(C)=O)c2)on1.I. The van der Waals surface area contributed by atoms with Gasteiger partial charge in [0, 0.05) is 38.2 Å². The number of hydrogen-bond donors (Lipinski definition) is 3. The van der Waals surface area contributed by atoms with E-state index in [-0.39, 0.29) is 29.9 Å². The Hall–Kier alpha value is -2.10. The average Bonchev–Trinajstić information content (AvgIpc) is 3.11. The normalized spacial score (nSPS) is 11.1. The molecule has 7 nitrogen and oxygen atoms in total. The molecule has 3 N–H and O–H groups in total. The molecular weight excluding hydrogens is 469 g/mol. The first-order chi connectivity index (χ1) is 13.0. The van der Waals surface area contributed by atoms with Crippen LogP contribution in [-0.4, -0.2) is 24.1 Å². The van der Waals surface area contributed by atoms with Gasteiger partial charge in [0.15, 0.2) is 11.7 Å². The Morgan fingerprint density at radius 1 is 1.18 bits per heavy atom. The largest absolute Gasteiger partial charge is 0.359 e. The van der Waals surface area contributed by atoms with Crippen LogP contribution in [0.15, 0.2) is 39.8 Å². The predicted molar refractivity (Wildman–Crippen MR) is 123 cm³/mol. The number of halogens is 1. The summed E-state index contributed by atoms with van der Waals surface area (Å²) in [6, 6.07) is 9.70. The van der Waals surface area contributed by atoms with Crippen molar-refractivity contribution >= 4 is 41.5 Å². The number of anilines is 1. The summed E-state index contributed by atoms with van der Waals surface area (Å²) in [7, 11) is 1.72. The molecular formula is C20H30IN5O2. The highest BCUT2D eigenvalue weighted by atomic mass is 127. The zero-order valence-corrected chi connectivity index (χ0v) is 19.2. The van der Waals surface area contributed by atoms with Crippen LogP contribution in [-0.2, 0) is 17.9 Å². The molecule has 0 saturated carbocycles. The number of amides is 1. The van der Waals surface area contributed by atoms with Crippen LogP contribution in [0.2, 0.25) is 0 Å². The number of benzene rings is 1. The second-order valence-electron chi connectivity index (χ2n) is 6.39. The van der Waals surface area contributed by atoms with E-state index in [1.807, 2.05) is 30.3 Å². The van der Waals surface area contributed by atoms with Crippen molar-refractivity contribution in [1.29, 1.82) is 0 Å². The van der Waals surface area contributed by atoms with Gasteiger partial charge >= 0.3 is 0 Å². The van der Waals surface area contributed by atoms with Gasteiger partial charge in [-0.05, 0) is 30.5 Å². The number of aromatic nitrogens is 1. The van der Waals surface area contributed by atoms with Gasteiger partial charge in [-0.2, -0.15) is 0 Å². The number of nitrogens with one attached hydrogen (secondary N) is 3. The molecule has 0 fully saturated rings. The summed E-state index contributed by atoms with van der Waals surface area (Å²) in [5.74, 6) is 1.81. The van der Waals surface area contributed by atoms with Crippen molar-refractivity contribution in [2.24, 2.45) is 4.99 Å². The second kappa shape index (κ2) is 12.4. The monoisotopic (exact) mass is 499 g/mol. The van der Waals surface area contributed by atoms with E-state index in [0.717, 1.165) is 35.5 Å². The van der Waals surface area contributed by atoms with E-state index < -0.39 is 0 Å². The highest BCUT2D eigenvalue weighted by molar-refractivity contribution is 14.0. The lowest BCUT2D eigenvalue weighted by atomic mass is 9.99. The molecule has 0 radical (unpaired) electrons. The summed E-state index contributed by atoms with van der Waals surface area (Å²) >= 11 is 0. The number of nitrogens with zero attached hydrogens (tertiary/aromatic N) is 2. The van der Waals surface area contributed by atoms with Gasteiger partial charge in [0.05, 0.1) is 12.2 Å². The van der Waals surface area contributed by atoms with Crippen LogP contribution in [0.3, 0.4) is 0 Å². The topological polar surface area (TPSA) is 91.6 Å². The number of aliphatic imine (C=N–C) groups is 1. The Morgan fingerprint density at radius 2 is 1.89 bits per heavy atom. The molecule has 28 heavy (non-hydrogen) atoms. The first-order valence-corrected chi connectivity index (χ1v) is 9.32. The minimum absolute atomic E-state index is 0. The first-order valence-electron chi connectivity index (χ1n) is 9.32. The van der Waals surface area contributed by atoms with Crippen LogP contribution in [0, 0.1) is 0 Å². The molecule has 0 bridgehead atoms. The first kappa shape index (κ1) is 23.9. The lowest BCUT2D eigenvalue weighted by Gasteiger charge is -2.11. The Kier molecular flexibility index (Phi) is 10.6. The lowest BCUT2D eigenvalue weighted by Crippen LogP contribution is -2.36. The van der Waals surface area contributed by atoms with Crippen molar-refractivity contribution in [1.82, 2.24) is 15.8 Å². The van der Waals surface area contributed by atoms with Crippen LogP contribution < -0.4 is 16.0 Å². The van der Waals surface area contributed by atoms with Crippen LogP contribution in [0.5, 0.6) is 0 Å². The molecule has 154 valence electrons. The van der Waals surface area contributed by atoms with Gasteiger partial charge in [-0.15, -0.1) is 24.0 Å². The number of rotatable bonds is 8. The van der Waals surface area contributed by atoms with E-state index in [0.29, 0.717) is 25.0 Å². The maximum absolute atomic E-state index is 11.2. The molecule has 1 aromatic heterocycles. The van der Waals surface area contributed by atoms with E-state index in [4.69, 9.17) is 4.52 Å². The van der Waals surface area contributed by atoms with E-state index in [1.54, 1.807) is 7.05 Å². The van der Waals surface area contributed by atoms with Gasteiger partial charge in [-0.3, -0.25) is 9.79 Å². The maximum atomic E-state index is 11.2. The molecule has 1 heterocycles. The van der Waals surface area contributed by atoms with Gasteiger partial charge < -0.3 is 20.5 Å². The molecule has 0 aliphatic heterocycles. The summed E-state index contributed by atoms with van der Waals surface area (Å²) in [4.78, 5) is 15.4. The van der Waals surface area contributed by atoms with Crippen LogP contribution in [0.4, 0.5) is 5.69 Å². The second-order valence-corrected chi connectivity index (χ2v) is 6.39. The quantitative estimate of drug-likeness (QED) is 0.290. The Balaban J connectivity index is 0.00000392. The van der Waals surface area contributed by atoms with Crippen molar-refractivity contribution in [3.8, 4) is 0 Å². The number of guanidine groups is 1. The van der Waals surface area contributed by atoms with Crippen LogP contribution in [0.1, 0.15) is 56.5 Å². The smallest absolute Gasteiger partial charge is 0.221 e. The fourth-order valence-corrected chi connectivity index (χ4v) is 2.85. The molecule has 2 aromatic rings. The molecule has 8 heteroatoms. The van der Waals surface area contributed by atoms with Gasteiger partial charge in [-0.25, -0.2) is 0 Å². The molecule has 0 spiro atoms. The van der Waals surface area contributed by atoms with Crippen molar-refractivity contribution in [2.45, 2.75) is 52.6 Å². The number of carbonyl (C=O) groups excluding carboxylic acids is 1. The lowest BCUT2D eigenvalue weighted by molar-refractivity contribution is -0.114. The highest BCUT2D eigenvalue weighted by Crippen LogP contribution is 2.22. The molecule has 0 atom stereocenters. The third kappa shape index (κ3) is 7.49. The number of hydrogen-bond acceptors (Lipinski definition) is 4. The van der Waals surface area contributed by atoms with E-state index in [9.17, 15) is 4.79 Å². The standard InChI is InChI=1S/C20H29N5O2.HI/c1-5-16(6-2)19-11-18(27-25-19)13-23-20(21-4)22-12-15-8-7-9-17(10-15)24-14(3)26;/h7-11,16H,5-6,12-13H2,1-4H3,(H,24,26)(H2,21,22,23);1H. The summed E-state index contributed by atoms with van der Waals surface area (Å²) in [5, 5.41) is 13.4. The Morgan fingerprint density at radius 3 is 2.54 bits per heavy atom. The zero-order valence-electron chi connectivity index (χ0n) is 16.9. The van der Waals surface area contributed by atoms with Crippen LogP contribution in [0.25, 0.3) is 0 Å². The Labute approximate surface area is 183 Å². The molecule has 1 amide bonds. The summed E-state index contributed by atoms with van der Waals surface area (Å²) in [6.45, 7) is 6.91. The molecule has 0 unspecified atom stereocenters. The predicted octanol–water partition coefficient (Wildman–Crippen LogP) is 4.02. The van der Waals surface area contributed by atoms with Crippen molar-refractivity contribution in [2.75, 3.05) is 12.4 Å². The third-order valence-electron chi connectivity index (χ3n) is 4.34. The molecule has 0 saturated heterocycles. The van der Waals surface area contributed by atoms with E-state index in [2.05, 4.69) is 39.9 Å². The highest BCUT2D eigenvalue weighted by Gasteiger charge is 2.13. The van der Waals surface area contributed by atoms with Gasteiger partial charge in [-0.1, -0.05) is 31.1 Å². The minimum atomic E-state index is -0.0857. The molecule has 1 aromatic carbocycles. The van der Waals surface area contributed by atoms with E-state index in [1.165, 1.54) is 6.92 Å². The van der Waals surface area contributed by atoms with E-state index >= 15 is 0 Å². The summed E-state index contributed by atoms with van der Waals surface area (Å²) in [5.41, 5.74) is 2.83. The molecule has 2 rings (SSSR count). The fourth-order valence-electron chi connectivity index (χ4n) is 2.85. The maximum Gasteiger partial charge on any atom is 0.221 e.